The van der Waals surface area contributed by atoms with Crippen LogP contribution in [0.3, 0.4) is 0 Å². The molecule has 0 aliphatic carbocycles. The third kappa shape index (κ3) is 3.47. The van der Waals surface area contributed by atoms with Crippen molar-refractivity contribution in [3.63, 3.8) is 0 Å². The Balaban J connectivity index is 1.98. The summed E-state index contributed by atoms with van der Waals surface area (Å²) < 4.78 is 5.18. The molecule has 0 saturated carbocycles. The van der Waals surface area contributed by atoms with Gasteiger partial charge < -0.3 is 19.6 Å². The van der Waals surface area contributed by atoms with E-state index in [1.54, 1.807) is 4.90 Å². The minimum atomic E-state index is -0.998. The van der Waals surface area contributed by atoms with Crippen molar-refractivity contribution in [2.24, 2.45) is 0 Å². The van der Waals surface area contributed by atoms with E-state index in [1.807, 2.05) is 0 Å². The van der Waals surface area contributed by atoms with Crippen molar-refractivity contribution in [2.75, 3.05) is 45.9 Å². The van der Waals surface area contributed by atoms with E-state index < -0.39 is 12.0 Å². The highest BCUT2D eigenvalue weighted by Gasteiger charge is 2.38. The van der Waals surface area contributed by atoms with Gasteiger partial charge in [0, 0.05) is 25.7 Å². The molecular formula is C14H25N3O4. The van der Waals surface area contributed by atoms with E-state index in [9.17, 15) is 14.7 Å². The largest absolute Gasteiger partial charge is 0.480 e. The van der Waals surface area contributed by atoms with Crippen LogP contribution in [0.25, 0.3) is 0 Å². The predicted octanol–water partition coefficient (Wildman–Crippen LogP) is 0.308. The van der Waals surface area contributed by atoms with Crippen LogP contribution in [0.2, 0.25) is 0 Å². The number of aliphatic carboxylic acids is 1. The topological polar surface area (TPSA) is 73.3 Å². The smallest absolute Gasteiger partial charge is 0.328 e. The van der Waals surface area contributed by atoms with E-state index in [2.05, 4.69) is 18.7 Å². The van der Waals surface area contributed by atoms with E-state index >= 15 is 0 Å². The Kier molecular flexibility index (Phi) is 5.41. The number of likely N-dealkylation sites (N-methyl/N-ethyl adjacent to an activating group) is 1. The van der Waals surface area contributed by atoms with Gasteiger partial charge in [0.2, 0.25) is 0 Å². The van der Waals surface area contributed by atoms with Crippen LogP contribution in [0.4, 0.5) is 4.79 Å². The monoisotopic (exact) mass is 299 g/mol. The van der Waals surface area contributed by atoms with E-state index in [-0.39, 0.29) is 12.6 Å². The molecule has 0 aromatic rings. The zero-order valence-corrected chi connectivity index (χ0v) is 12.8. The maximum Gasteiger partial charge on any atom is 0.328 e. The molecule has 2 fully saturated rings. The number of hydrogen-bond donors (Lipinski definition) is 1. The molecule has 0 radical (unpaired) electrons. The number of amides is 2. The van der Waals surface area contributed by atoms with Crippen LogP contribution in [0, 0.1) is 0 Å². The first-order valence-corrected chi connectivity index (χ1v) is 7.68. The lowest BCUT2D eigenvalue weighted by Gasteiger charge is -2.36. The molecule has 0 aromatic carbocycles. The highest BCUT2D eigenvalue weighted by molar-refractivity contribution is 5.83. The molecule has 7 nitrogen and oxygen atoms in total. The lowest BCUT2D eigenvalue weighted by Crippen LogP contribution is -2.56. The van der Waals surface area contributed by atoms with Crippen LogP contribution >= 0.6 is 0 Å². The summed E-state index contributed by atoms with van der Waals surface area (Å²) in [5, 5.41) is 9.22. The van der Waals surface area contributed by atoms with Crippen molar-refractivity contribution in [3.8, 4) is 0 Å². The second-order valence-electron chi connectivity index (χ2n) is 5.51. The molecule has 1 N–H and O–H groups in total. The van der Waals surface area contributed by atoms with Crippen LogP contribution in [0.1, 0.15) is 20.3 Å². The number of ether oxygens (including phenoxy) is 1. The molecule has 0 aromatic heterocycles. The Bertz CT molecular complexity index is 386. The summed E-state index contributed by atoms with van der Waals surface area (Å²) in [7, 11) is 0. The molecule has 2 saturated heterocycles. The Morgan fingerprint density at radius 3 is 2.62 bits per heavy atom. The quantitative estimate of drug-likeness (QED) is 0.808. The molecule has 7 heteroatoms. The van der Waals surface area contributed by atoms with E-state index in [4.69, 9.17) is 4.74 Å². The summed E-state index contributed by atoms with van der Waals surface area (Å²) in [6.45, 7) is 8.40. The van der Waals surface area contributed by atoms with Crippen molar-refractivity contribution in [1.29, 1.82) is 0 Å². The lowest BCUT2D eigenvalue weighted by atomic mass is 10.2. The molecule has 21 heavy (non-hydrogen) atoms. The van der Waals surface area contributed by atoms with Crippen LogP contribution in [-0.2, 0) is 9.53 Å². The minimum absolute atomic E-state index is 0.0778. The van der Waals surface area contributed by atoms with E-state index in [1.165, 1.54) is 4.90 Å². The summed E-state index contributed by atoms with van der Waals surface area (Å²) in [5.74, 6) is -0.998. The number of nitrogens with zero attached hydrogens (tertiary/aromatic N) is 3. The second kappa shape index (κ2) is 7.09. The van der Waals surface area contributed by atoms with Gasteiger partial charge in [-0.15, -0.1) is 0 Å². The average Bonchev–Trinajstić information content (AvgIpc) is 2.97. The predicted molar refractivity (Wildman–Crippen MR) is 77.2 cm³/mol. The molecule has 2 rings (SSSR count). The van der Waals surface area contributed by atoms with Crippen molar-refractivity contribution in [2.45, 2.75) is 32.4 Å². The summed E-state index contributed by atoms with van der Waals surface area (Å²) in [5.41, 5.74) is 0. The van der Waals surface area contributed by atoms with Crippen molar-refractivity contribution < 1.29 is 19.4 Å². The number of carbonyl (C=O) groups is 2. The molecule has 2 amide bonds. The fraction of sp³-hybridized carbons (Fsp3) is 0.857. The normalized spacial score (nSPS) is 26.4. The lowest BCUT2D eigenvalue weighted by molar-refractivity contribution is -0.147. The molecule has 2 aliphatic rings. The highest BCUT2D eigenvalue weighted by Crippen LogP contribution is 2.19. The maximum atomic E-state index is 12.6. The first-order chi connectivity index (χ1) is 10.1. The fourth-order valence-corrected chi connectivity index (χ4v) is 3.17. The average molecular weight is 299 g/mol. The second-order valence-corrected chi connectivity index (χ2v) is 5.51. The van der Waals surface area contributed by atoms with E-state index in [0.29, 0.717) is 32.3 Å². The summed E-state index contributed by atoms with van der Waals surface area (Å²) in [6.07, 6.45) is 0.954. The molecule has 0 bridgehead atoms. The zero-order chi connectivity index (χ0) is 15.4. The highest BCUT2D eigenvalue weighted by atomic mass is 16.5. The van der Waals surface area contributed by atoms with Gasteiger partial charge in [-0.3, -0.25) is 4.90 Å². The van der Waals surface area contributed by atoms with E-state index in [0.717, 1.165) is 19.5 Å². The van der Waals surface area contributed by atoms with Crippen LogP contribution in [0.5, 0.6) is 0 Å². The van der Waals surface area contributed by atoms with Gasteiger partial charge in [-0.25, -0.2) is 9.59 Å². The third-order valence-electron chi connectivity index (χ3n) is 4.42. The summed E-state index contributed by atoms with van der Waals surface area (Å²) in [6, 6.07) is -0.646. The number of carboxylic acid groups (broad SMARTS) is 1. The minimum Gasteiger partial charge on any atom is -0.480 e. The van der Waals surface area contributed by atoms with Crippen LogP contribution in [0.15, 0.2) is 0 Å². The first-order valence-electron chi connectivity index (χ1n) is 7.68. The third-order valence-corrected chi connectivity index (χ3v) is 4.42. The molecule has 2 atom stereocenters. The van der Waals surface area contributed by atoms with Gasteiger partial charge in [-0.05, 0) is 19.5 Å². The number of carbonyl (C=O) groups excluding carboxylic acids is 1. The van der Waals surface area contributed by atoms with Crippen molar-refractivity contribution in [3.05, 3.63) is 0 Å². The molecule has 2 heterocycles. The summed E-state index contributed by atoms with van der Waals surface area (Å²) in [4.78, 5) is 29.4. The fourth-order valence-electron chi connectivity index (χ4n) is 3.17. The van der Waals surface area contributed by atoms with Gasteiger partial charge in [-0.1, -0.05) is 13.8 Å². The van der Waals surface area contributed by atoms with Gasteiger partial charge in [0.05, 0.1) is 13.2 Å². The SMILES string of the molecule is CCN(CC)C1CCN(C(=O)N2CCOCC2C(=O)O)C1. The number of carboxylic acids is 1. The van der Waals surface area contributed by atoms with Crippen molar-refractivity contribution in [1.82, 2.24) is 14.7 Å². The number of rotatable bonds is 4. The molecule has 2 unspecified atom stereocenters. The Morgan fingerprint density at radius 2 is 2.00 bits per heavy atom. The molecule has 2 aliphatic heterocycles. The Labute approximate surface area is 125 Å². The van der Waals surface area contributed by atoms with Gasteiger partial charge in [0.25, 0.3) is 0 Å². The molecule has 120 valence electrons. The number of hydrogen-bond acceptors (Lipinski definition) is 4. The van der Waals surface area contributed by atoms with Gasteiger partial charge in [0.1, 0.15) is 0 Å². The van der Waals surface area contributed by atoms with Gasteiger partial charge >= 0.3 is 12.0 Å². The zero-order valence-electron chi connectivity index (χ0n) is 12.8. The Hall–Kier alpha value is -1.34. The van der Waals surface area contributed by atoms with Crippen LogP contribution < -0.4 is 0 Å². The first kappa shape index (κ1) is 16.0. The summed E-state index contributed by atoms with van der Waals surface area (Å²) >= 11 is 0. The Morgan fingerprint density at radius 1 is 1.29 bits per heavy atom. The number of likely N-dealkylation sites (tertiary alicyclic amines) is 1. The number of morpholine rings is 1. The van der Waals surface area contributed by atoms with Crippen LogP contribution in [-0.4, -0.2) is 89.8 Å². The van der Waals surface area contributed by atoms with Gasteiger partial charge in [0.15, 0.2) is 6.04 Å². The number of urea groups is 1. The standard InChI is InChI=1S/C14H25N3O4/c1-3-15(4-2)11-5-6-16(9-11)14(20)17-7-8-21-10-12(17)13(18)19/h11-12H,3-10H2,1-2H3,(H,18,19). The van der Waals surface area contributed by atoms with Crippen molar-refractivity contribution >= 4 is 12.0 Å². The molecule has 0 spiro atoms. The van der Waals surface area contributed by atoms with Gasteiger partial charge in [-0.2, -0.15) is 0 Å². The molecular weight excluding hydrogens is 274 g/mol. The maximum absolute atomic E-state index is 12.6.